The third-order valence-corrected chi connectivity index (χ3v) is 4.12. The average Bonchev–Trinajstić information content (AvgIpc) is 2.38. The number of pyridine rings is 1. The molecule has 0 bridgehead atoms. The van der Waals surface area contributed by atoms with E-state index in [1.807, 2.05) is 4.90 Å². The molecule has 5 heteroatoms. The summed E-state index contributed by atoms with van der Waals surface area (Å²) >= 11 is 9.48. The van der Waals surface area contributed by atoms with Gasteiger partial charge in [0.2, 0.25) is 0 Å². The van der Waals surface area contributed by atoms with Crippen LogP contribution in [0.5, 0.6) is 0 Å². The van der Waals surface area contributed by atoms with Gasteiger partial charge in [-0.3, -0.25) is 9.78 Å². The van der Waals surface area contributed by atoms with E-state index >= 15 is 0 Å². The fraction of sp³-hybridized carbons (Fsp3) is 0.500. The predicted octanol–water partition coefficient (Wildman–Crippen LogP) is 3.12. The molecule has 2 rings (SSSR count). The van der Waals surface area contributed by atoms with Gasteiger partial charge >= 0.3 is 0 Å². The SMILES string of the molecule is O=C(c1ccncc1Cl)N1CCCCC1CBr. The first-order valence-electron chi connectivity index (χ1n) is 5.70. The number of likely N-dealkylation sites (tertiary alicyclic amines) is 1. The van der Waals surface area contributed by atoms with Crippen molar-refractivity contribution >= 4 is 33.4 Å². The molecule has 3 nitrogen and oxygen atoms in total. The summed E-state index contributed by atoms with van der Waals surface area (Å²) in [6, 6.07) is 1.96. The van der Waals surface area contributed by atoms with Crippen molar-refractivity contribution in [2.24, 2.45) is 0 Å². The zero-order valence-corrected chi connectivity index (χ0v) is 11.7. The number of aromatic nitrogens is 1. The van der Waals surface area contributed by atoms with Crippen LogP contribution in [-0.2, 0) is 0 Å². The van der Waals surface area contributed by atoms with Crippen molar-refractivity contribution in [3.05, 3.63) is 29.0 Å². The van der Waals surface area contributed by atoms with Gasteiger partial charge in [0.25, 0.3) is 5.91 Å². The number of piperidine rings is 1. The molecule has 0 spiro atoms. The number of rotatable bonds is 2. The van der Waals surface area contributed by atoms with Crippen molar-refractivity contribution in [1.82, 2.24) is 9.88 Å². The fourth-order valence-electron chi connectivity index (χ4n) is 2.13. The zero-order chi connectivity index (χ0) is 12.3. The minimum Gasteiger partial charge on any atom is -0.335 e. The van der Waals surface area contributed by atoms with E-state index in [-0.39, 0.29) is 11.9 Å². The molecule has 1 amide bonds. The molecule has 0 N–H and O–H groups in total. The van der Waals surface area contributed by atoms with Crippen molar-refractivity contribution in [2.75, 3.05) is 11.9 Å². The van der Waals surface area contributed by atoms with Gasteiger partial charge in [-0.05, 0) is 25.3 Å². The quantitative estimate of drug-likeness (QED) is 0.785. The maximum atomic E-state index is 12.4. The standard InChI is InChI=1S/C12H14BrClN2O/c13-7-9-3-1-2-6-16(9)12(17)10-4-5-15-8-11(10)14/h4-5,8-9H,1-3,6-7H2. The highest BCUT2D eigenvalue weighted by atomic mass is 79.9. The van der Waals surface area contributed by atoms with Crippen LogP contribution in [0.1, 0.15) is 29.6 Å². The summed E-state index contributed by atoms with van der Waals surface area (Å²) in [6.07, 6.45) is 6.43. The molecule has 1 aromatic rings. The lowest BCUT2D eigenvalue weighted by molar-refractivity contribution is 0.0642. The van der Waals surface area contributed by atoms with Gasteiger partial charge < -0.3 is 4.90 Å². The molecule has 1 aromatic heterocycles. The molecule has 1 unspecified atom stereocenters. The number of alkyl halides is 1. The molecular formula is C12H14BrClN2O. The lowest BCUT2D eigenvalue weighted by Crippen LogP contribution is -2.44. The Morgan fingerprint density at radius 1 is 1.59 bits per heavy atom. The van der Waals surface area contributed by atoms with E-state index in [1.165, 1.54) is 12.6 Å². The molecule has 17 heavy (non-hydrogen) atoms. The second kappa shape index (κ2) is 5.83. The lowest BCUT2D eigenvalue weighted by Gasteiger charge is -2.34. The Morgan fingerprint density at radius 3 is 3.12 bits per heavy atom. The van der Waals surface area contributed by atoms with Crippen LogP contribution >= 0.6 is 27.5 Å². The van der Waals surface area contributed by atoms with Crippen molar-refractivity contribution in [3.8, 4) is 0 Å². The summed E-state index contributed by atoms with van der Waals surface area (Å²) in [7, 11) is 0. The van der Waals surface area contributed by atoms with Gasteiger partial charge in [-0.2, -0.15) is 0 Å². The second-order valence-electron chi connectivity index (χ2n) is 4.16. The first kappa shape index (κ1) is 12.8. The zero-order valence-electron chi connectivity index (χ0n) is 9.40. The number of amides is 1. The van der Waals surface area contributed by atoms with E-state index in [4.69, 9.17) is 11.6 Å². The third kappa shape index (κ3) is 2.80. The molecule has 0 saturated carbocycles. The molecule has 0 aliphatic carbocycles. The normalized spacial score (nSPS) is 20.4. The summed E-state index contributed by atoms with van der Waals surface area (Å²) < 4.78 is 0. The summed E-state index contributed by atoms with van der Waals surface area (Å²) in [6.45, 7) is 0.813. The van der Waals surface area contributed by atoms with Gasteiger partial charge in [-0.1, -0.05) is 27.5 Å². The topological polar surface area (TPSA) is 33.2 Å². The van der Waals surface area contributed by atoms with Gasteiger partial charge in [0.1, 0.15) is 0 Å². The van der Waals surface area contributed by atoms with E-state index in [1.54, 1.807) is 12.3 Å². The van der Waals surface area contributed by atoms with Crippen LogP contribution in [0.15, 0.2) is 18.5 Å². The molecule has 1 saturated heterocycles. The van der Waals surface area contributed by atoms with Crippen LogP contribution in [-0.4, -0.2) is 33.7 Å². The molecular weight excluding hydrogens is 304 g/mol. The van der Waals surface area contributed by atoms with Crippen LogP contribution in [0.25, 0.3) is 0 Å². The van der Waals surface area contributed by atoms with Gasteiger partial charge in [0, 0.05) is 30.3 Å². The highest BCUT2D eigenvalue weighted by molar-refractivity contribution is 9.09. The van der Waals surface area contributed by atoms with Crippen molar-refractivity contribution < 1.29 is 4.79 Å². The summed E-state index contributed by atoms with van der Waals surface area (Å²) in [4.78, 5) is 18.2. The van der Waals surface area contributed by atoms with Crippen LogP contribution in [0.2, 0.25) is 5.02 Å². The number of carbonyl (C=O) groups excluding carboxylic acids is 1. The van der Waals surface area contributed by atoms with Crippen LogP contribution in [0.3, 0.4) is 0 Å². The van der Waals surface area contributed by atoms with Crippen LogP contribution < -0.4 is 0 Å². The Morgan fingerprint density at radius 2 is 2.41 bits per heavy atom. The van der Waals surface area contributed by atoms with Crippen LogP contribution in [0, 0.1) is 0 Å². The minimum atomic E-state index is 0.0153. The monoisotopic (exact) mass is 316 g/mol. The Bertz CT molecular complexity index is 413. The first-order chi connectivity index (χ1) is 8.24. The van der Waals surface area contributed by atoms with E-state index in [2.05, 4.69) is 20.9 Å². The molecule has 1 aliphatic heterocycles. The summed E-state index contributed by atoms with van der Waals surface area (Å²) in [5.41, 5.74) is 0.550. The minimum absolute atomic E-state index is 0.0153. The van der Waals surface area contributed by atoms with Crippen LogP contribution in [0.4, 0.5) is 0 Å². The molecule has 92 valence electrons. The smallest absolute Gasteiger partial charge is 0.255 e. The molecule has 1 aliphatic rings. The molecule has 0 radical (unpaired) electrons. The predicted molar refractivity (Wildman–Crippen MR) is 71.7 cm³/mol. The first-order valence-corrected chi connectivity index (χ1v) is 7.20. The molecule has 2 heterocycles. The second-order valence-corrected chi connectivity index (χ2v) is 5.21. The summed E-state index contributed by atoms with van der Waals surface area (Å²) in [5, 5.41) is 1.25. The molecule has 1 fully saturated rings. The maximum absolute atomic E-state index is 12.4. The Kier molecular flexibility index (Phi) is 4.40. The van der Waals surface area contributed by atoms with E-state index in [0.29, 0.717) is 10.6 Å². The van der Waals surface area contributed by atoms with Gasteiger partial charge in [-0.15, -0.1) is 0 Å². The van der Waals surface area contributed by atoms with Gasteiger partial charge in [0.15, 0.2) is 0 Å². The highest BCUT2D eigenvalue weighted by Gasteiger charge is 2.27. The number of carbonyl (C=O) groups is 1. The number of hydrogen-bond donors (Lipinski definition) is 0. The number of halogens is 2. The van der Waals surface area contributed by atoms with Crippen molar-refractivity contribution in [2.45, 2.75) is 25.3 Å². The van der Waals surface area contributed by atoms with Gasteiger partial charge in [0.05, 0.1) is 10.6 Å². The molecule has 0 aromatic carbocycles. The van der Waals surface area contributed by atoms with Gasteiger partial charge in [-0.25, -0.2) is 0 Å². The Balaban J connectivity index is 2.21. The Labute approximate surface area is 114 Å². The van der Waals surface area contributed by atoms with E-state index in [0.717, 1.165) is 24.7 Å². The summed E-state index contributed by atoms with van der Waals surface area (Å²) in [5.74, 6) is 0.0153. The number of hydrogen-bond acceptors (Lipinski definition) is 2. The molecule has 1 atom stereocenters. The number of nitrogens with zero attached hydrogens (tertiary/aromatic N) is 2. The average molecular weight is 318 g/mol. The van der Waals surface area contributed by atoms with E-state index < -0.39 is 0 Å². The van der Waals surface area contributed by atoms with E-state index in [9.17, 15) is 4.79 Å². The van der Waals surface area contributed by atoms with Crippen molar-refractivity contribution in [3.63, 3.8) is 0 Å². The Hall–Kier alpha value is -0.610. The largest absolute Gasteiger partial charge is 0.335 e. The highest BCUT2D eigenvalue weighted by Crippen LogP contribution is 2.23. The van der Waals surface area contributed by atoms with Crippen molar-refractivity contribution in [1.29, 1.82) is 0 Å². The fourth-order valence-corrected chi connectivity index (χ4v) is 3.01. The lowest BCUT2D eigenvalue weighted by atomic mass is 10.0. The maximum Gasteiger partial charge on any atom is 0.255 e. The third-order valence-electron chi connectivity index (χ3n) is 3.07.